The van der Waals surface area contributed by atoms with Crippen LogP contribution in [-0.4, -0.2) is 53.0 Å². The molecule has 32 heavy (non-hydrogen) atoms. The molecule has 0 aliphatic carbocycles. The molecule has 174 valence electrons. The number of rotatable bonds is 4. The standard InChI is InChI=1S/C22H30N4O6/c1-5-6-7-8-14-9-16(27)23-10-17-24-15(11-30-17)19-26-22(4,12-31-19)21(29)25-18(13(2)3)20(28)32-14/h7-8,11,13-14,18H,5-6,9-10,12H2,1-4H3,(H,23,27)(H,25,29)/b8-7+/t14-,18+,22+/m1/s1. The minimum Gasteiger partial charge on any atom is -0.473 e. The molecule has 2 N–H and O–H groups in total. The first-order valence-corrected chi connectivity index (χ1v) is 10.8. The van der Waals surface area contributed by atoms with E-state index in [1.165, 1.54) is 6.26 Å². The summed E-state index contributed by atoms with van der Waals surface area (Å²) in [5.41, 5.74) is -0.897. The molecule has 10 nitrogen and oxygen atoms in total. The van der Waals surface area contributed by atoms with E-state index in [9.17, 15) is 14.4 Å². The Balaban J connectivity index is 1.92. The summed E-state index contributed by atoms with van der Waals surface area (Å²) in [5.74, 6) is -1.22. The molecule has 0 saturated carbocycles. The van der Waals surface area contributed by atoms with Gasteiger partial charge in [0.1, 0.15) is 25.0 Å². The normalized spacial score (nSPS) is 27.0. The number of nitrogens with zero attached hydrogens (tertiary/aromatic N) is 2. The minimum absolute atomic E-state index is 0.00462. The molecule has 0 aromatic carbocycles. The summed E-state index contributed by atoms with van der Waals surface area (Å²) >= 11 is 0. The van der Waals surface area contributed by atoms with Crippen molar-refractivity contribution >= 4 is 23.7 Å². The predicted molar refractivity (Wildman–Crippen MR) is 115 cm³/mol. The number of oxazole rings is 1. The van der Waals surface area contributed by atoms with Crippen molar-refractivity contribution in [2.45, 2.75) is 71.2 Å². The molecule has 3 rings (SSSR count). The fourth-order valence-electron chi connectivity index (χ4n) is 3.25. The number of hydrogen-bond donors (Lipinski definition) is 2. The fraction of sp³-hybridized carbons (Fsp3) is 0.591. The highest BCUT2D eigenvalue weighted by Crippen LogP contribution is 2.23. The molecular formula is C22H30N4O6. The highest BCUT2D eigenvalue weighted by molar-refractivity contribution is 5.99. The largest absolute Gasteiger partial charge is 0.473 e. The van der Waals surface area contributed by atoms with Gasteiger partial charge >= 0.3 is 5.97 Å². The molecular weight excluding hydrogens is 416 g/mol. The highest BCUT2D eigenvalue weighted by Gasteiger charge is 2.43. The number of fused-ring (bicyclic) bond motifs is 4. The van der Waals surface area contributed by atoms with E-state index in [1.807, 2.05) is 13.0 Å². The van der Waals surface area contributed by atoms with Crippen molar-refractivity contribution in [1.82, 2.24) is 15.6 Å². The van der Waals surface area contributed by atoms with Gasteiger partial charge in [0.2, 0.25) is 17.7 Å². The van der Waals surface area contributed by atoms with E-state index in [0.29, 0.717) is 5.69 Å². The first kappa shape index (κ1) is 23.5. The lowest BCUT2D eigenvalue weighted by Gasteiger charge is -2.26. The number of allylic oxidation sites excluding steroid dienone is 1. The van der Waals surface area contributed by atoms with E-state index in [1.54, 1.807) is 26.8 Å². The molecule has 0 saturated heterocycles. The van der Waals surface area contributed by atoms with Crippen LogP contribution in [-0.2, 0) is 30.4 Å². The van der Waals surface area contributed by atoms with E-state index < -0.39 is 29.6 Å². The van der Waals surface area contributed by atoms with E-state index in [2.05, 4.69) is 20.6 Å². The molecule has 1 aromatic heterocycles. The van der Waals surface area contributed by atoms with Crippen LogP contribution in [0.2, 0.25) is 0 Å². The Hall–Kier alpha value is -3.17. The van der Waals surface area contributed by atoms with Crippen LogP contribution in [0, 0.1) is 5.92 Å². The molecule has 0 radical (unpaired) electrons. The number of cyclic esters (lactones) is 1. The Morgan fingerprint density at radius 3 is 2.81 bits per heavy atom. The monoisotopic (exact) mass is 446 g/mol. The predicted octanol–water partition coefficient (Wildman–Crippen LogP) is 1.64. The van der Waals surface area contributed by atoms with Crippen LogP contribution in [0.5, 0.6) is 0 Å². The zero-order valence-corrected chi connectivity index (χ0v) is 18.8. The van der Waals surface area contributed by atoms with Gasteiger partial charge in [-0.05, 0) is 25.3 Å². The Kier molecular flexibility index (Phi) is 7.32. The summed E-state index contributed by atoms with van der Waals surface area (Å²) < 4.78 is 16.6. The molecule has 3 atom stereocenters. The van der Waals surface area contributed by atoms with E-state index in [0.717, 1.165) is 12.8 Å². The molecule has 0 fully saturated rings. The molecule has 2 amide bonds. The number of ether oxygens (including phenoxy) is 2. The molecule has 4 bridgehead atoms. The van der Waals surface area contributed by atoms with Crippen molar-refractivity contribution in [1.29, 1.82) is 0 Å². The van der Waals surface area contributed by atoms with E-state index >= 15 is 0 Å². The Labute approximate surface area is 186 Å². The SMILES string of the molecule is CCC/C=C/[C@@H]1CC(=O)NCc2nc(co2)C2=N[C@@](C)(CO2)C(=O)N[C@@H](C(C)C)C(=O)O1. The second kappa shape index (κ2) is 9.97. The first-order valence-electron chi connectivity index (χ1n) is 10.8. The lowest BCUT2D eigenvalue weighted by molar-refractivity contribution is -0.153. The van der Waals surface area contributed by atoms with Crippen molar-refractivity contribution in [2.24, 2.45) is 10.9 Å². The third kappa shape index (κ3) is 5.54. The van der Waals surface area contributed by atoms with Gasteiger partial charge in [-0.25, -0.2) is 14.8 Å². The number of amides is 2. The van der Waals surface area contributed by atoms with Gasteiger partial charge in [0.05, 0.1) is 13.0 Å². The molecule has 2 aliphatic rings. The van der Waals surface area contributed by atoms with E-state index in [-0.39, 0.29) is 43.2 Å². The third-order valence-corrected chi connectivity index (χ3v) is 5.20. The fourth-order valence-corrected chi connectivity index (χ4v) is 3.25. The number of carbonyl (C=O) groups is 3. The lowest BCUT2D eigenvalue weighted by Crippen LogP contribution is -2.53. The number of aromatic nitrogens is 1. The van der Waals surface area contributed by atoms with Crippen molar-refractivity contribution in [3.8, 4) is 0 Å². The van der Waals surface area contributed by atoms with Gasteiger partial charge in [0, 0.05) is 0 Å². The second-order valence-corrected chi connectivity index (χ2v) is 8.47. The number of esters is 1. The molecule has 1 aromatic rings. The topological polar surface area (TPSA) is 132 Å². The lowest BCUT2D eigenvalue weighted by atomic mass is 10.00. The summed E-state index contributed by atoms with van der Waals surface area (Å²) in [4.78, 5) is 47.1. The smallest absolute Gasteiger partial charge is 0.329 e. The molecule has 0 spiro atoms. The average Bonchev–Trinajstić information content (AvgIpc) is 3.37. The summed E-state index contributed by atoms with van der Waals surface area (Å²) in [5, 5.41) is 5.46. The van der Waals surface area contributed by atoms with Crippen molar-refractivity contribution < 1.29 is 28.3 Å². The second-order valence-electron chi connectivity index (χ2n) is 8.47. The van der Waals surface area contributed by atoms with Gasteiger partial charge in [-0.2, -0.15) is 0 Å². The third-order valence-electron chi connectivity index (χ3n) is 5.20. The maximum atomic E-state index is 13.0. The van der Waals surface area contributed by atoms with Crippen LogP contribution in [0.1, 0.15) is 58.5 Å². The quantitative estimate of drug-likeness (QED) is 0.531. The molecule has 0 unspecified atom stereocenters. The summed E-state index contributed by atoms with van der Waals surface area (Å²) in [6.07, 6.45) is 5.82. The van der Waals surface area contributed by atoms with Crippen LogP contribution >= 0.6 is 0 Å². The Morgan fingerprint density at radius 1 is 1.31 bits per heavy atom. The van der Waals surface area contributed by atoms with Gasteiger partial charge in [0.15, 0.2) is 11.2 Å². The van der Waals surface area contributed by atoms with Crippen molar-refractivity contribution in [3.05, 3.63) is 30.0 Å². The molecule has 3 heterocycles. The van der Waals surface area contributed by atoms with Gasteiger partial charge in [-0.3, -0.25) is 9.59 Å². The number of aliphatic imine (C=N–C) groups is 1. The maximum absolute atomic E-state index is 13.0. The van der Waals surface area contributed by atoms with Crippen LogP contribution < -0.4 is 10.6 Å². The van der Waals surface area contributed by atoms with Crippen molar-refractivity contribution in [2.75, 3.05) is 6.61 Å². The summed E-state index contributed by atoms with van der Waals surface area (Å²) in [7, 11) is 0. The zero-order valence-electron chi connectivity index (χ0n) is 18.8. The average molecular weight is 447 g/mol. The molecule has 2 aliphatic heterocycles. The van der Waals surface area contributed by atoms with Crippen LogP contribution in [0.15, 0.2) is 27.8 Å². The summed E-state index contributed by atoms with van der Waals surface area (Å²) in [6, 6.07) is -0.907. The Bertz CT molecular complexity index is 921. The minimum atomic E-state index is -1.23. The van der Waals surface area contributed by atoms with Gasteiger partial charge in [-0.15, -0.1) is 0 Å². The zero-order chi connectivity index (χ0) is 23.3. The van der Waals surface area contributed by atoms with E-state index in [4.69, 9.17) is 13.9 Å². The van der Waals surface area contributed by atoms with Crippen LogP contribution in [0.3, 0.4) is 0 Å². The van der Waals surface area contributed by atoms with Gasteiger partial charge < -0.3 is 24.5 Å². The first-order chi connectivity index (χ1) is 15.2. The molecule has 10 heteroatoms. The van der Waals surface area contributed by atoms with Crippen molar-refractivity contribution in [3.63, 3.8) is 0 Å². The summed E-state index contributed by atoms with van der Waals surface area (Å²) in [6.45, 7) is 7.31. The maximum Gasteiger partial charge on any atom is 0.329 e. The number of hydrogen-bond acceptors (Lipinski definition) is 8. The van der Waals surface area contributed by atoms with Gasteiger partial charge in [0.25, 0.3) is 5.91 Å². The number of carbonyl (C=O) groups excluding carboxylic acids is 3. The Morgan fingerprint density at radius 2 is 2.09 bits per heavy atom. The highest BCUT2D eigenvalue weighted by atomic mass is 16.5. The number of unbranched alkanes of at least 4 members (excludes halogenated alkanes) is 1. The van der Waals surface area contributed by atoms with Gasteiger partial charge in [-0.1, -0.05) is 33.3 Å². The van der Waals surface area contributed by atoms with Crippen LogP contribution in [0.25, 0.3) is 0 Å². The number of nitrogens with one attached hydrogen (secondary N) is 2. The van der Waals surface area contributed by atoms with Crippen LogP contribution in [0.4, 0.5) is 0 Å².